The van der Waals surface area contributed by atoms with Gasteiger partial charge in [0.15, 0.2) is 0 Å². The number of carbonyl (C=O) groups is 4. The first-order valence-corrected chi connectivity index (χ1v) is 23.2. The van der Waals surface area contributed by atoms with E-state index in [4.69, 9.17) is 34.2 Å². The molecule has 0 aromatic heterocycles. The lowest BCUT2D eigenvalue weighted by molar-refractivity contribution is -0.157. The Hall–Kier alpha value is -7.72. The highest BCUT2D eigenvalue weighted by molar-refractivity contribution is 6.03. The van der Waals surface area contributed by atoms with Crippen LogP contribution in [0.1, 0.15) is 67.8 Å². The second kappa shape index (κ2) is 23.3. The number of esters is 1. The minimum atomic E-state index is -1.23. The van der Waals surface area contributed by atoms with E-state index < -0.39 is 42.8 Å². The summed E-state index contributed by atoms with van der Waals surface area (Å²) in [7, 11) is 11.0. The molecule has 15 nitrogen and oxygen atoms in total. The number of hydrogen-bond donors (Lipinski definition) is 3. The number of amides is 2. The number of aromatic carboxylic acids is 1. The predicted octanol–water partition coefficient (Wildman–Crippen LogP) is 7.37. The van der Waals surface area contributed by atoms with E-state index in [1.165, 1.54) is 12.1 Å². The lowest BCUT2D eigenvalue weighted by atomic mass is 9.79. The van der Waals surface area contributed by atoms with Crippen molar-refractivity contribution in [2.75, 3.05) is 73.7 Å². The van der Waals surface area contributed by atoms with Gasteiger partial charge in [-0.05, 0) is 116 Å². The summed E-state index contributed by atoms with van der Waals surface area (Å²) in [5.74, 6) is -0.469. The van der Waals surface area contributed by atoms with E-state index in [0.29, 0.717) is 64.5 Å². The number of likely N-dealkylation sites (N-methyl/N-ethyl adjacent to an activating group) is 1. The molecule has 2 amide bonds. The van der Waals surface area contributed by atoms with Crippen molar-refractivity contribution in [1.82, 2.24) is 10.2 Å². The van der Waals surface area contributed by atoms with Crippen molar-refractivity contribution in [1.29, 1.82) is 0 Å². The maximum absolute atomic E-state index is 14.0. The standard InChI is InChI=1S/C56H60N4O11/c1-59(2)40-20-27-46-49(31-40)70-50-32-41(60(3)4)21-28-47(50)53(46)48-30-36(15-26-45(48)55(64)65)54(63)58-29-11-10-14-44(33-69-52(62)35-68-34-51(57)61)71-56(37-12-8-7-9-13-37,38-16-22-42(66-5)23-17-38)39-18-24-43(67-6)25-19-39/h7-9,12-13,15-28,30-32,40,44H,10-11,14,29,33-35H2,1-6H3,(H2,57,61)(H,58,63)(H,64,65). The molecule has 2 atom stereocenters. The number of carboxylic acid groups (broad SMARTS) is 1. The Balaban J connectivity index is 1.15. The van der Waals surface area contributed by atoms with Crippen molar-refractivity contribution in [3.05, 3.63) is 184 Å². The number of benzene rings is 5. The van der Waals surface area contributed by atoms with E-state index in [1.54, 1.807) is 20.3 Å². The molecule has 5 aromatic carbocycles. The number of anilines is 1. The molecule has 5 aromatic rings. The van der Waals surface area contributed by atoms with Gasteiger partial charge < -0.3 is 49.5 Å². The van der Waals surface area contributed by atoms with Crippen LogP contribution in [0.2, 0.25) is 0 Å². The molecule has 370 valence electrons. The minimum absolute atomic E-state index is 0.0399. The Bertz CT molecular complexity index is 2750. The molecule has 0 saturated heterocycles. The maximum atomic E-state index is 14.0. The third kappa shape index (κ3) is 12.0. The van der Waals surface area contributed by atoms with Crippen molar-refractivity contribution in [2.24, 2.45) is 5.73 Å². The van der Waals surface area contributed by atoms with E-state index in [2.05, 4.69) is 5.32 Å². The van der Waals surface area contributed by atoms with E-state index in [-0.39, 0.29) is 36.2 Å². The number of fused-ring (bicyclic) bond motifs is 2. The van der Waals surface area contributed by atoms with Crippen LogP contribution in [0.5, 0.6) is 17.2 Å². The molecular weight excluding hydrogens is 905 g/mol. The number of allylic oxidation sites excluding steroid dienone is 1. The monoisotopic (exact) mass is 964 g/mol. The number of carboxylic acids is 1. The Morgan fingerprint density at radius 2 is 1.45 bits per heavy atom. The summed E-state index contributed by atoms with van der Waals surface area (Å²) < 4.78 is 35.7. The van der Waals surface area contributed by atoms with Gasteiger partial charge in [-0.1, -0.05) is 66.7 Å². The van der Waals surface area contributed by atoms with Crippen LogP contribution in [0.4, 0.5) is 5.69 Å². The molecule has 2 unspecified atom stereocenters. The number of unbranched alkanes of at least 4 members (excludes halogenated alkanes) is 1. The Morgan fingerprint density at radius 1 is 0.789 bits per heavy atom. The van der Waals surface area contributed by atoms with Crippen LogP contribution in [0, 0.1) is 0 Å². The number of primary amides is 1. The maximum Gasteiger partial charge on any atom is 0.336 e. The summed E-state index contributed by atoms with van der Waals surface area (Å²) >= 11 is 0. The van der Waals surface area contributed by atoms with Gasteiger partial charge in [-0.3, -0.25) is 14.5 Å². The lowest BCUT2D eigenvalue weighted by Gasteiger charge is -2.39. The number of hydrogen-bond acceptors (Lipinski definition) is 12. The second-order valence-electron chi connectivity index (χ2n) is 17.5. The number of methoxy groups -OCH3 is 2. The van der Waals surface area contributed by atoms with Gasteiger partial charge in [0, 0.05) is 60.7 Å². The van der Waals surface area contributed by atoms with Gasteiger partial charge in [-0.15, -0.1) is 0 Å². The highest BCUT2D eigenvalue weighted by Gasteiger charge is 2.40. The van der Waals surface area contributed by atoms with E-state index in [1.807, 2.05) is 153 Å². The van der Waals surface area contributed by atoms with Gasteiger partial charge >= 0.3 is 11.9 Å². The molecule has 1 aliphatic heterocycles. The number of nitrogens with one attached hydrogen (secondary N) is 1. The predicted molar refractivity (Wildman–Crippen MR) is 270 cm³/mol. The Morgan fingerprint density at radius 3 is 2.06 bits per heavy atom. The molecule has 15 heteroatoms. The molecular formula is C56H60N4O11. The highest BCUT2D eigenvalue weighted by atomic mass is 16.6. The van der Waals surface area contributed by atoms with Crippen molar-refractivity contribution in [3.8, 4) is 17.2 Å². The number of ether oxygens (including phenoxy) is 6. The molecule has 2 aliphatic rings. The number of carbonyl (C=O) groups excluding carboxylic acids is 3. The molecule has 0 bridgehead atoms. The SMILES string of the molecule is COc1ccc(C(OC(CCCCNC(=O)c2ccc(C(=O)O)c(C3=C4C=CC(N(C)C)C=C4Oc4cc(N(C)C)ccc43)c2)COC(=O)COCC(N)=O)(c2ccccc2)c2ccc(OC)cc2)cc1. The van der Waals surface area contributed by atoms with Gasteiger partial charge in [0.1, 0.15) is 48.4 Å². The molecule has 0 fully saturated rings. The van der Waals surface area contributed by atoms with Gasteiger partial charge in [-0.2, -0.15) is 0 Å². The fraction of sp³-hybridized carbons (Fsp3) is 0.286. The van der Waals surface area contributed by atoms with E-state index in [9.17, 15) is 24.3 Å². The summed E-state index contributed by atoms with van der Waals surface area (Å²) in [6.45, 7) is -0.832. The van der Waals surface area contributed by atoms with Crippen LogP contribution in [-0.2, 0) is 29.4 Å². The summed E-state index contributed by atoms with van der Waals surface area (Å²) in [5.41, 5.74) is 10.0. The van der Waals surface area contributed by atoms with Gasteiger partial charge in [0.2, 0.25) is 5.91 Å². The third-order valence-corrected chi connectivity index (χ3v) is 12.3. The molecule has 1 aliphatic carbocycles. The number of rotatable bonds is 23. The average molecular weight is 965 g/mol. The Kier molecular flexibility index (Phi) is 16.8. The van der Waals surface area contributed by atoms with Crippen LogP contribution in [-0.4, -0.2) is 115 Å². The zero-order valence-corrected chi connectivity index (χ0v) is 40.8. The van der Waals surface area contributed by atoms with Crippen molar-refractivity contribution < 1.29 is 52.7 Å². The average Bonchev–Trinajstić information content (AvgIpc) is 3.38. The zero-order valence-electron chi connectivity index (χ0n) is 40.8. The fourth-order valence-corrected chi connectivity index (χ4v) is 8.63. The second-order valence-corrected chi connectivity index (χ2v) is 17.5. The summed E-state index contributed by atoms with van der Waals surface area (Å²) in [6.07, 6.45) is 6.67. The van der Waals surface area contributed by atoms with E-state index in [0.717, 1.165) is 22.4 Å². The molecule has 0 spiro atoms. The van der Waals surface area contributed by atoms with Gasteiger partial charge in [0.05, 0.1) is 25.9 Å². The van der Waals surface area contributed by atoms with Crippen molar-refractivity contribution in [3.63, 3.8) is 0 Å². The van der Waals surface area contributed by atoms with Crippen LogP contribution in [0.3, 0.4) is 0 Å². The first-order chi connectivity index (χ1) is 34.2. The van der Waals surface area contributed by atoms with Crippen LogP contribution >= 0.6 is 0 Å². The Labute approximate surface area is 414 Å². The highest BCUT2D eigenvalue weighted by Crippen LogP contribution is 2.46. The summed E-state index contributed by atoms with van der Waals surface area (Å²) in [5, 5.41) is 13.5. The smallest absolute Gasteiger partial charge is 0.336 e. The fourth-order valence-electron chi connectivity index (χ4n) is 8.63. The molecule has 1 heterocycles. The topological polar surface area (TPSA) is 188 Å². The molecule has 4 N–H and O–H groups in total. The third-order valence-electron chi connectivity index (χ3n) is 12.3. The van der Waals surface area contributed by atoms with Crippen LogP contribution < -0.4 is 30.2 Å². The first kappa shape index (κ1) is 51.1. The lowest BCUT2D eigenvalue weighted by Crippen LogP contribution is -2.39. The molecule has 71 heavy (non-hydrogen) atoms. The van der Waals surface area contributed by atoms with Crippen molar-refractivity contribution in [2.45, 2.75) is 37.0 Å². The number of nitrogens with two attached hydrogens (primary N) is 1. The number of nitrogens with zero attached hydrogens (tertiary/aromatic N) is 2. The largest absolute Gasteiger partial charge is 0.497 e. The molecule has 0 saturated carbocycles. The summed E-state index contributed by atoms with van der Waals surface area (Å²) in [4.78, 5) is 55.1. The van der Waals surface area contributed by atoms with Crippen LogP contribution in [0.15, 0.2) is 145 Å². The molecule has 7 rings (SSSR count). The minimum Gasteiger partial charge on any atom is -0.497 e. The quantitative estimate of drug-likeness (QED) is 0.0335. The van der Waals surface area contributed by atoms with Crippen molar-refractivity contribution >= 4 is 35.0 Å². The van der Waals surface area contributed by atoms with Gasteiger partial charge in [-0.25, -0.2) is 9.59 Å². The normalized spacial score (nSPS) is 14.4. The first-order valence-electron chi connectivity index (χ1n) is 23.2. The zero-order chi connectivity index (χ0) is 50.7. The van der Waals surface area contributed by atoms with E-state index >= 15 is 0 Å². The van der Waals surface area contributed by atoms with Crippen LogP contribution in [0.25, 0.3) is 5.57 Å². The molecule has 0 radical (unpaired) electrons. The van der Waals surface area contributed by atoms with Gasteiger partial charge in [0.25, 0.3) is 5.91 Å². The summed E-state index contributed by atoms with van der Waals surface area (Å²) in [6, 6.07) is 35.2.